The third-order valence-corrected chi connectivity index (χ3v) is 6.05. The molecule has 3 rings (SSSR count). The van der Waals surface area contributed by atoms with Gasteiger partial charge in [-0.1, -0.05) is 13.8 Å². The molecule has 2 aliphatic carbocycles. The second-order valence-corrected chi connectivity index (χ2v) is 7.80. The summed E-state index contributed by atoms with van der Waals surface area (Å²) in [5, 5.41) is 9.61. The van der Waals surface area contributed by atoms with E-state index < -0.39 is 12.0 Å². The Hall–Kier alpha value is -1.10. The largest absolute Gasteiger partial charge is 0.480 e. The molecule has 2 saturated carbocycles. The van der Waals surface area contributed by atoms with Crippen LogP contribution < -0.4 is 5.73 Å². The lowest BCUT2D eigenvalue weighted by Crippen LogP contribution is -2.59. The molecular weight excluding hydrogens is 268 g/mol. The Morgan fingerprint density at radius 1 is 1.24 bits per heavy atom. The predicted octanol–water partition coefficient (Wildman–Crippen LogP) is 1.46. The molecule has 3 fully saturated rings. The first-order chi connectivity index (χ1) is 9.83. The second-order valence-electron chi connectivity index (χ2n) is 7.80. The van der Waals surface area contributed by atoms with Gasteiger partial charge >= 0.3 is 5.97 Å². The molecule has 3 N–H and O–H groups in total. The molecule has 1 aliphatic heterocycles. The molecule has 5 heteroatoms. The van der Waals surface area contributed by atoms with Gasteiger partial charge in [-0.15, -0.1) is 0 Å². The number of carboxylic acids is 1. The fourth-order valence-corrected chi connectivity index (χ4v) is 4.99. The predicted molar refractivity (Wildman–Crippen MR) is 78.4 cm³/mol. The molecule has 0 radical (unpaired) electrons. The number of carbonyl (C=O) groups is 2. The van der Waals surface area contributed by atoms with E-state index in [1.54, 1.807) is 4.90 Å². The number of hydrogen-bond acceptors (Lipinski definition) is 3. The Bertz CT molecular complexity index is 460. The number of nitrogens with two attached hydrogens (primary N) is 1. The van der Waals surface area contributed by atoms with Gasteiger partial charge in [0.25, 0.3) is 0 Å². The molecule has 0 aromatic carbocycles. The highest BCUT2D eigenvalue weighted by molar-refractivity contribution is 5.87. The Balaban J connectivity index is 1.84. The number of fused-ring (bicyclic) bond motifs is 2. The summed E-state index contributed by atoms with van der Waals surface area (Å²) < 4.78 is 0. The van der Waals surface area contributed by atoms with Gasteiger partial charge in [0.05, 0.1) is 5.92 Å². The Morgan fingerprint density at radius 3 is 2.48 bits per heavy atom. The Kier molecular flexibility index (Phi) is 3.51. The highest BCUT2D eigenvalue weighted by Crippen LogP contribution is 2.49. The van der Waals surface area contributed by atoms with Crippen molar-refractivity contribution in [1.82, 2.24) is 4.90 Å². The van der Waals surface area contributed by atoms with Crippen LogP contribution in [0.15, 0.2) is 0 Å². The van der Waals surface area contributed by atoms with E-state index in [9.17, 15) is 14.7 Å². The third kappa shape index (κ3) is 2.26. The minimum absolute atomic E-state index is 0.00475. The molecule has 0 spiro atoms. The number of carboxylic acid groups (broad SMARTS) is 1. The van der Waals surface area contributed by atoms with E-state index in [1.807, 2.05) is 13.8 Å². The number of piperidine rings is 1. The normalized spacial score (nSPS) is 41.3. The average molecular weight is 294 g/mol. The number of aliphatic carboxylic acids is 1. The minimum Gasteiger partial charge on any atom is -0.480 e. The fourth-order valence-electron chi connectivity index (χ4n) is 4.99. The minimum atomic E-state index is -0.884. The van der Waals surface area contributed by atoms with Crippen molar-refractivity contribution >= 4 is 11.9 Å². The number of likely N-dealkylation sites (tertiary alicyclic amines) is 1. The molecule has 3 aliphatic rings. The molecule has 1 saturated heterocycles. The van der Waals surface area contributed by atoms with Gasteiger partial charge in [-0.05, 0) is 49.4 Å². The molecule has 0 aromatic rings. The van der Waals surface area contributed by atoms with Crippen molar-refractivity contribution in [3.05, 3.63) is 0 Å². The van der Waals surface area contributed by atoms with Crippen LogP contribution in [-0.2, 0) is 9.59 Å². The van der Waals surface area contributed by atoms with E-state index in [-0.39, 0.29) is 23.3 Å². The zero-order valence-electron chi connectivity index (χ0n) is 12.9. The molecule has 2 bridgehead atoms. The Morgan fingerprint density at radius 2 is 1.90 bits per heavy atom. The monoisotopic (exact) mass is 294 g/mol. The fraction of sp³-hybridized carbons (Fsp3) is 0.875. The molecule has 1 heterocycles. The quantitative estimate of drug-likeness (QED) is 0.807. The maximum atomic E-state index is 13.0. The molecular formula is C16H26N2O3. The summed E-state index contributed by atoms with van der Waals surface area (Å²) in [6.07, 6.45) is 4.97. The summed E-state index contributed by atoms with van der Waals surface area (Å²) in [7, 11) is 0. The highest BCUT2D eigenvalue weighted by Gasteiger charge is 2.53. The summed E-state index contributed by atoms with van der Waals surface area (Å²) in [5.74, 6) is -0.207. The lowest BCUT2D eigenvalue weighted by Gasteiger charge is -2.46. The van der Waals surface area contributed by atoms with Gasteiger partial charge in [-0.3, -0.25) is 4.79 Å². The van der Waals surface area contributed by atoms with Crippen molar-refractivity contribution in [2.45, 2.75) is 58.0 Å². The van der Waals surface area contributed by atoms with E-state index in [0.29, 0.717) is 18.4 Å². The van der Waals surface area contributed by atoms with Crippen LogP contribution in [0.25, 0.3) is 0 Å². The second kappa shape index (κ2) is 4.97. The van der Waals surface area contributed by atoms with Crippen LogP contribution in [0.2, 0.25) is 0 Å². The standard InChI is InChI=1S/C16H26N2O3/c1-16(2)6-3-7-18(13(16)15(20)21)14(19)11-9-4-5-10(8-9)12(11)17/h9-13H,3-8,17H2,1-2H3,(H,20,21). The topological polar surface area (TPSA) is 83.6 Å². The smallest absolute Gasteiger partial charge is 0.326 e. The van der Waals surface area contributed by atoms with E-state index in [1.165, 1.54) is 0 Å². The van der Waals surface area contributed by atoms with Crippen molar-refractivity contribution in [2.75, 3.05) is 6.54 Å². The number of hydrogen-bond donors (Lipinski definition) is 2. The maximum absolute atomic E-state index is 13.0. The van der Waals surface area contributed by atoms with Crippen molar-refractivity contribution in [2.24, 2.45) is 28.9 Å². The van der Waals surface area contributed by atoms with Gasteiger partial charge in [0, 0.05) is 12.6 Å². The Labute approximate surface area is 125 Å². The van der Waals surface area contributed by atoms with Gasteiger partial charge in [0.1, 0.15) is 6.04 Å². The van der Waals surface area contributed by atoms with E-state index in [2.05, 4.69) is 0 Å². The van der Waals surface area contributed by atoms with Crippen LogP contribution in [0.4, 0.5) is 0 Å². The molecule has 5 atom stereocenters. The lowest BCUT2D eigenvalue weighted by molar-refractivity contribution is -0.161. The molecule has 1 amide bonds. The zero-order valence-corrected chi connectivity index (χ0v) is 12.9. The molecule has 118 valence electrons. The third-order valence-electron chi connectivity index (χ3n) is 6.05. The van der Waals surface area contributed by atoms with E-state index in [0.717, 1.165) is 32.1 Å². The molecule has 5 nitrogen and oxygen atoms in total. The van der Waals surface area contributed by atoms with Crippen LogP contribution in [-0.4, -0.2) is 40.5 Å². The summed E-state index contributed by atoms with van der Waals surface area (Å²) in [4.78, 5) is 26.3. The van der Waals surface area contributed by atoms with Crippen molar-refractivity contribution in [3.63, 3.8) is 0 Å². The van der Waals surface area contributed by atoms with Gasteiger partial charge < -0.3 is 15.7 Å². The lowest BCUT2D eigenvalue weighted by atomic mass is 9.75. The molecule has 0 aromatic heterocycles. The first kappa shape index (κ1) is 14.8. The highest BCUT2D eigenvalue weighted by atomic mass is 16.4. The van der Waals surface area contributed by atoms with Crippen molar-refractivity contribution < 1.29 is 14.7 Å². The number of rotatable bonds is 2. The molecule has 5 unspecified atom stereocenters. The number of nitrogens with zero attached hydrogens (tertiary/aromatic N) is 1. The van der Waals surface area contributed by atoms with Crippen LogP contribution in [0, 0.1) is 23.2 Å². The first-order valence-electron chi connectivity index (χ1n) is 8.12. The summed E-state index contributed by atoms with van der Waals surface area (Å²) >= 11 is 0. The SMILES string of the molecule is CC1(C)CCCN(C(=O)C2C3CCC(C3)C2N)C1C(=O)O. The average Bonchev–Trinajstić information content (AvgIpc) is 2.96. The molecule has 21 heavy (non-hydrogen) atoms. The van der Waals surface area contributed by atoms with Crippen molar-refractivity contribution in [1.29, 1.82) is 0 Å². The summed E-state index contributed by atoms with van der Waals surface area (Å²) in [6, 6.07) is -0.791. The summed E-state index contributed by atoms with van der Waals surface area (Å²) in [6.45, 7) is 4.46. The van der Waals surface area contributed by atoms with Crippen LogP contribution >= 0.6 is 0 Å². The number of carbonyl (C=O) groups excluding carboxylic acids is 1. The van der Waals surface area contributed by atoms with Crippen LogP contribution in [0.1, 0.15) is 46.0 Å². The van der Waals surface area contributed by atoms with E-state index in [4.69, 9.17) is 5.73 Å². The van der Waals surface area contributed by atoms with Crippen LogP contribution in [0.5, 0.6) is 0 Å². The maximum Gasteiger partial charge on any atom is 0.326 e. The first-order valence-corrected chi connectivity index (χ1v) is 8.12. The van der Waals surface area contributed by atoms with Gasteiger partial charge in [0.2, 0.25) is 5.91 Å². The van der Waals surface area contributed by atoms with Gasteiger partial charge in [-0.2, -0.15) is 0 Å². The van der Waals surface area contributed by atoms with E-state index >= 15 is 0 Å². The number of amides is 1. The van der Waals surface area contributed by atoms with Crippen molar-refractivity contribution in [3.8, 4) is 0 Å². The van der Waals surface area contributed by atoms with Crippen LogP contribution in [0.3, 0.4) is 0 Å². The van der Waals surface area contributed by atoms with Gasteiger partial charge in [-0.25, -0.2) is 4.79 Å². The zero-order chi connectivity index (χ0) is 15.4. The summed E-state index contributed by atoms with van der Waals surface area (Å²) in [5.41, 5.74) is 5.89. The van der Waals surface area contributed by atoms with Gasteiger partial charge in [0.15, 0.2) is 0 Å².